The molecule has 2 N–H and O–H groups in total. The highest BCUT2D eigenvalue weighted by molar-refractivity contribution is 5.95. The molecule has 1 heterocycles. The second kappa shape index (κ2) is 5.55. The highest BCUT2D eigenvalue weighted by atomic mass is 16.6. The summed E-state index contributed by atoms with van der Waals surface area (Å²) in [6.45, 7) is 6.96. The third-order valence-electron chi connectivity index (χ3n) is 3.30. The second-order valence-electron chi connectivity index (χ2n) is 6.11. The van der Waals surface area contributed by atoms with E-state index in [0.29, 0.717) is 6.54 Å². The molecule has 0 fully saturated rings. The molecule has 2 rings (SSSR count). The first-order valence-corrected chi connectivity index (χ1v) is 6.72. The zero-order valence-corrected chi connectivity index (χ0v) is 12.8. The molecule has 21 heavy (non-hydrogen) atoms. The highest BCUT2D eigenvalue weighted by Gasteiger charge is 2.20. The number of carbonyl (C=O) groups is 1. The van der Waals surface area contributed by atoms with Crippen molar-refractivity contribution in [2.24, 2.45) is 0 Å². The number of rotatable bonds is 3. The number of benzene rings is 1. The van der Waals surface area contributed by atoms with Crippen LogP contribution in [0.4, 0.5) is 5.82 Å². The van der Waals surface area contributed by atoms with Crippen LogP contribution >= 0.6 is 0 Å². The van der Waals surface area contributed by atoms with Crippen molar-refractivity contribution in [2.75, 3.05) is 12.8 Å². The quantitative estimate of drug-likeness (QED) is 0.936. The van der Waals surface area contributed by atoms with Crippen LogP contribution in [0.15, 0.2) is 28.9 Å². The molecule has 1 aromatic carbocycles. The van der Waals surface area contributed by atoms with Crippen molar-refractivity contribution in [3.63, 3.8) is 0 Å². The predicted octanol–water partition coefficient (Wildman–Crippen LogP) is 2.22. The molecular formula is C15H20N4O2. The second-order valence-corrected chi connectivity index (χ2v) is 6.11. The summed E-state index contributed by atoms with van der Waals surface area (Å²) in [7, 11) is 1.69. The van der Waals surface area contributed by atoms with Crippen LogP contribution in [0, 0.1) is 0 Å². The van der Waals surface area contributed by atoms with Gasteiger partial charge in [-0.1, -0.05) is 45.0 Å². The van der Waals surface area contributed by atoms with E-state index in [9.17, 15) is 4.79 Å². The van der Waals surface area contributed by atoms with Crippen LogP contribution in [0.1, 0.15) is 42.4 Å². The third kappa shape index (κ3) is 3.39. The van der Waals surface area contributed by atoms with Crippen LogP contribution in [0.2, 0.25) is 0 Å². The molecule has 1 aromatic heterocycles. The molecule has 0 atom stereocenters. The van der Waals surface area contributed by atoms with Gasteiger partial charge in [0, 0.05) is 13.6 Å². The SMILES string of the molecule is CN(Cc1ccc(C(C)(C)C)cc1)C(=O)c1nonc1N. The van der Waals surface area contributed by atoms with E-state index < -0.39 is 0 Å². The van der Waals surface area contributed by atoms with Gasteiger partial charge in [0.2, 0.25) is 11.5 Å². The van der Waals surface area contributed by atoms with Crippen molar-refractivity contribution < 1.29 is 9.42 Å². The van der Waals surface area contributed by atoms with Crippen LogP contribution in [0.3, 0.4) is 0 Å². The van der Waals surface area contributed by atoms with Crippen LogP contribution in [0.5, 0.6) is 0 Å². The Hall–Kier alpha value is -2.37. The van der Waals surface area contributed by atoms with Crippen molar-refractivity contribution in [3.05, 3.63) is 41.1 Å². The fourth-order valence-electron chi connectivity index (χ4n) is 1.98. The van der Waals surface area contributed by atoms with E-state index in [-0.39, 0.29) is 22.8 Å². The molecule has 0 aliphatic heterocycles. The zero-order chi connectivity index (χ0) is 15.6. The molecule has 6 nitrogen and oxygen atoms in total. The fraction of sp³-hybridized carbons (Fsp3) is 0.400. The Balaban J connectivity index is 2.08. The van der Waals surface area contributed by atoms with Crippen LogP contribution in [-0.4, -0.2) is 28.2 Å². The minimum absolute atomic E-state index is 0.00919. The van der Waals surface area contributed by atoms with Gasteiger partial charge < -0.3 is 10.6 Å². The standard InChI is InChI=1S/C15H20N4O2/c1-15(2,3)11-7-5-10(6-8-11)9-19(4)14(20)12-13(16)18-21-17-12/h5-8H,9H2,1-4H3,(H2,16,18). The molecule has 2 aromatic rings. The first kappa shape index (κ1) is 15.0. The van der Waals surface area contributed by atoms with E-state index in [0.717, 1.165) is 5.56 Å². The van der Waals surface area contributed by atoms with Gasteiger partial charge >= 0.3 is 0 Å². The van der Waals surface area contributed by atoms with Gasteiger partial charge in [0.1, 0.15) is 0 Å². The normalized spacial score (nSPS) is 11.4. The Bertz CT molecular complexity index is 626. The summed E-state index contributed by atoms with van der Waals surface area (Å²) in [5.41, 5.74) is 7.97. The summed E-state index contributed by atoms with van der Waals surface area (Å²) in [5, 5.41) is 6.93. The zero-order valence-electron chi connectivity index (χ0n) is 12.8. The monoisotopic (exact) mass is 288 g/mol. The molecule has 0 unspecified atom stereocenters. The smallest absolute Gasteiger partial charge is 0.280 e. The van der Waals surface area contributed by atoms with E-state index >= 15 is 0 Å². The molecule has 112 valence electrons. The average Bonchev–Trinajstić information content (AvgIpc) is 2.83. The van der Waals surface area contributed by atoms with Crippen LogP contribution in [0.25, 0.3) is 0 Å². The molecule has 6 heteroatoms. The molecule has 0 radical (unpaired) electrons. The molecule has 0 spiro atoms. The van der Waals surface area contributed by atoms with Gasteiger partial charge in [-0.25, -0.2) is 4.63 Å². The fourth-order valence-corrected chi connectivity index (χ4v) is 1.98. The molecule has 0 aliphatic rings. The molecule has 1 amide bonds. The third-order valence-corrected chi connectivity index (χ3v) is 3.30. The summed E-state index contributed by atoms with van der Waals surface area (Å²) >= 11 is 0. The topological polar surface area (TPSA) is 85.2 Å². The summed E-state index contributed by atoms with van der Waals surface area (Å²) in [6.07, 6.45) is 0. The number of nitrogens with two attached hydrogens (primary N) is 1. The Kier molecular flexibility index (Phi) is 3.97. The number of aromatic nitrogens is 2. The number of nitrogens with zero attached hydrogens (tertiary/aromatic N) is 3. The number of carbonyl (C=O) groups excluding carboxylic acids is 1. The molecule has 0 saturated heterocycles. The van der Waals surface area contributed by atoms with Crippen LogP contribution in [-0.2, 0) is 12.0 Å². The number of nitrogen functional groups attached to an aromatic ring is 1. The predicted molar refractivity (Wildman–Crippen MR) is 79.6 cm³/mol. The molecule has 0 saturated carbocycles. The molecular weight excluding hydrogens is 268 g/mol. The van der Waals surface area contributed by atoms with E-state index in [2.05, 4.69) is 47.8 Å². The number of hydrogen-bond donors (Lipinski definition) is 1. The van der Waals surface area contributed by atoms with Gasteiger partial charge in [0.15, 0.2) is 0 Å². The van der Waals surface area contributed by atoms with Gasteiger partial charge in [0.05, 0.1) is 0 Å². The summed E-state index contributed by atoms with van der Waals surface area (Å²) in [5.74, 6) is -0.302. The van der Waals surface area contributed by atoms with Gasteiger partial charge in [0.25, 0.3) is 5.91 Å². The minimum Gasteiger partial charge on any atom is -0.379 e. The van der Waals surface area contributed by atoms with E-state index in [1.807, 2.05) is 12.1 Å². The van der Waals surface area contributed by atoms with E-state index in [1.54, 1.807) is 7.05 Å². The largest absolute Gasteiger partial charge is 0.379 e. The van der Waals surface area contributed by atoms with Crippen molar-refractivity contribution in [1.82, 2.24) is 15.2 Å². The first-order valence-electron chi connectivity index (χ1n) is 6.72. The number of amides is 1. The van der Waals surface area contributed by atoms with Crippen molar-refractivity contribution >= 4 is 11.7 Å². The average molecular weight is 288 g/mol. The van der Waals surface area contributed by atoms with Gasteiger partial charge in [-0.15, -0.1) is 0 Å². The van der Waals surface area contributed by atoms with Crippen molar-refractivity contribution in [3.8, 4) is 0 Å². The lowest BCUT2D eigenvalue weighted by Crippen LogP contribution is -2.27. The Morgan fingerprint density at radius 2 is 1.86 bits per heavy atom. The van der Waals surface area contributed by atoms with Gasteiger partial charge in [-0.3, -0.25) is 4.79 Å². The molecule has 0 bridgehead atoms. The van der Waals surface area contributed by atoms with E-state index in [1.165, 1.54) is 10.5 Å². The van der Waals surface area contributed by atoms with Gasteiger partial charge in [-0.2, -0.15) is 0 Å². The van der Waals surface area contributed by atoms with Crippen LogP contribution < -0.4 is 5.73 Å². The lowest BCUT2D eigenvalue weighted by molar-refractivity contribution is 0.0774. The van der Waals surface area contributed by atoms with Crippen molar-refractivity contribution in [1.29, 1.82) is 0 Å². The lowest BCUT2D eigenvalue weighted by Gasteiger charge is -2.20. The maximum Gasteiger partial charge on any atom is 0.280 e. The summed E-state index contributed by atoms with van der Waals surface area (Å²) in [4.78, 5) is 13.7. The van der Waals surface area contributed by atoms with Gasteiger partial charge in [-0.05, 0) is 26.9 Å². The number of anilines is 1. The summed E-state index contributed by atoms with van der Waals surface area (Å²) in [6, 6.07) is 8.21. The first-order chi connectivity index (χ1) is 9.79. The Labute approximate surface area is 123 Å². The minimum atomic E-state index is -0.311. The summed E-state index contributed by atoms with van der Waals surface area (Å²) < 4.78 is 4.45. The number of hydrogen-bond acceptors (Lipinski definition) is 5. The maximum atomic E-state index is 12.1. The maximum absolute atomic E-state index is 12.1. The molecule has 0 aliphatic carbocycles. The van der Waals surface area contributed by atoms with Crippen molar-refractivity contribution in [2.45, 2.75) is 32.7 Å². The highest BCUT2D eigenvalue weighted by Crippen LogP contribution is 2.22. The van der Waals surface area contributed by atoms with E-state index in [4.69, 9.17) is 5.73 Å². The lowest BCUT2D eigenvalue weighted by atomic mass is 9.87. The Morgan fingerprint density at radius 1 is 1.24 bits per heavy atom. The Morgan fingerprint density at radius 3 is 2.33 bits per heavy atom.